The van der Waals surface area contributed by atoms with Crippen molar-refractivity contribution in [3.8, 4) is 10.6 Å². The summed E-state index contributed by atoms with van der Waals surface area (Å²) in [4.78, 5) is 18.6. The monoisotopic (exact) mass is 367 g/mol. The summed E-state index contributed by atoms with van der Waals surface area (Å²) in [5, 5.41) is 8.76. The van der Waals surface area contributed by atoms with Crippen molar-refractivity contribution in [2.45, 2.75) is 19.3 Å². The summed E-state index contributed by atoms with van der Waals surface area (Å²) in [7, 11) is 0. The van der Waals surface area contributed by atoms with Gasteiger partial charge in [0.05, 0.1) is 17.1 Å². The van der Waals surface area contributed by atoms with Gasteiger partial charge in [0.25, 0.3) is 5.91 Å². The zero-order chi connectivity index (χ0) is 17.6. The minimum Gasteiger partial charge on any atom is -0.331 e. The van der Waals surface area contributed by atoms with E-state index in [1.807, 2.05) is 17.5 Å². The first kappa shape index (κ1) is 15.9. The molecule has 0 aliphatic carbocycles. The van der Waals surface area contributed by atoms with Crippen molar-refractivity contribution in [3.63, 3.8) is 0 Å². The second-order valence-electron chi connectivity index (χ2n) is 5.60. The lowest BCUT2D eigenvalue weighted by Crippen LogP contribution is -2.38. The summed E-state index contributed by atoms with van der Waals surface area (Å²) in [6.45, 7) is 0.600. The summed E-state index contributed by atoms with van der Waals surface area (Å²) < 4.78 is 39.7. The van der Waals surface area contributed by atoms with Gasteiger partial charge in [0.15, 0.2) is 11.4 Å². The van der Waals surface area contributed by atoms with E-state index in [0.29, 0.717) is 6.54 Å². The maximum absolute atomic E-state index is 12.8. The molecule has 25 heavy (non-hydrogen) atoms. The van der Waals surface area contributed by atoms with E-state index in [-0.39, 0.29) is 30.5 Å². The van der Waals surface area contributed by atoms with E-state index in [4.69, 9.17) is 0 Å². The summed E-state index contributed by atoms with van der Waals surface area (Å²) in [5.74, 6) is -0.109. The molecule has 0 spiro atoms. The van der Waals surface area contributed by atoms with E-state index in [2.05, 4.69) is 15.2 Å². The topological polar surface area (TPSA) is 66.8 Å². The average molecular weight is 367 g/mol. The summed E-state index contributed by atoms with van der Waals surface area (Å²) in [5.41, 5.74) is 0.0345. The Kier molecular flexibility index (Phi) is 3.64. The van der Waals surface area contributed by atoms with Crippen LogP contribution in [0.4, 0.5) is 13.2 Å². The van der Waals surface area contributed by atoms with E-state index >= 15 is 0 Å². The Morgan fingerprint density at radius 1 is 1.32 bits per heavy atom. The number of hydrogen-bond donors (Lipinski definition) is 1. The molecule has 1 aliphatic heterocycles. The molecule has 6 nitrogen and oxygen atoms in total. The number of carbonyl (C=O) groups is 1. The fourth-order valence-corrected chi connectivity index (χ4v) is 3.41. The fourth-order valence-electron chi connectivity index (χ4n) is 2.71. The number of H-pyrrole nitrogens is 1. The van der Waals surface area contributed by atoms with Crippen LogP contribution in [0.3, 0.4) is 0 Å². The molecule has 3 aromatic heterocycles. The molecule has 10 heteroatoms. The van der Waals surface area contributed by atoms with Crippen molar-refractivity contribution in [1.29, 1.82) is 0 Å². The van der Waals surface area contributed by atoms with Gasteiger partial charge in [-0.05, 0) is 17.5 Å². The minimum absolute atomic E-state index is 0.0239. The highest BCUT2D eigenvalue weighted by molar-refractivity contribution is 7.13. The largest absolute Gasteiger partial charge is 0.434 e. The van der Waals surface area contributed by atoms with Crippen molar-refractivity contribution in [2.24, 2.45) is 0 Å². The number of thiophene rings is 1. The van der Waals surface area contributed by atoms with E-state index < -0.39 is 11.9 Å². The molecular weight excluding hydrogens is 355 g/mol. The van der Waals surface area contributed by atoms with Crippen molar-refractivity contribution >= 4 is 17.2 Å². The number of nitrogens with zero attached hydrogens (tertiary/aromatic N) is 4. The van der Waals surface area contributed by atoms with Gasteiger partial charge in [0.1, 0.15) is 5.82 Å². The van der Waals surface area contributed by atoms with Gasteiger partial charge < -0.3 is 9.47 Å². The molecule has 0 bridgehead atoms. The molecule has 3 aromatic rings. The number of halogens is 3. The minimum atomic E-state index is -4.49. The molecule has 0 saturated carbocycles. The number of rotatable bonds is 2. The van der Waals surface area contributed by atoms with Crippen LogP contribution in [-0.2, 0) is 19.3 Å². The average Bonchev–Trinajstić information content (AvgIpc) is 3.30. The number of nitrogens with one attached hydrogen (secondary N) is 1. The molecule has 1 aliphatic rings. The van der Waals surface area contributed by atoms with Gasteiger partial charge in [0, 0.05) is 19.3 Å². The predicted octanol–water partition coefficient (Wildman–Crippen LogP) is 3.01. The molecule has 1 N–H and O–H groups in total. The number of alkyl halides is 3. The Morgan fingerprint density at radius 3 is 2.88 bits per heavy atom. The maximum Gasteiger partial charge on any atom is 0.434 e. The SMILES string of the molecule is O=C(c1cc(-c2cccs2)[nH]n1)N1CCn2cc(C(F)(F)F)nc2C1. The molecule has 130 valence electrons. The molecule has 0 unspecified atom stereocenters. The zero-order valence-corrected chi connectivity index (χ0v) is 13.6. The first-order valence-electron chi connectivity index (χ1n) is 7.43. The molecule has 0 fully saturated rings. The molecule has 4 rings (SSSR count). The Morgan fingerprint density at radius 2 is 2.16 bits per heavy atom. The number of aromatic nitrogens is 4. The van der Waals surface area contributed by atoms with E-state index in [9.17, 15) is 18.0 Å². The molecule has 4 heterocycles. The molecule has 0 aromatic carbocycles. The van der Waals surface area contributed by atoms with Gasteiger partial charge in [-0.2, -0.15) is 18.3 Å². The number of fused-ring (bicyclic) bond motifs is 1. The van der Waals surface area contributed by atoms with E-state index in [1.165, 1.54) is 20.8 Å². The van der Waals surface area contributed by atoms with Crippen LogP contribution in [-0.4, -0.2) is 37.1 Å². The van der Waals surface area contributed by atoms with Crippen LogP contribution in [0, 0.1) is 0 Å². The third kappa shape index (κ3) is 2.93. The third-order valence-corrected chi connectivity index (χ3v) is 4.87. The highest BCUT2D eigenvalue weighted by Crippen LogP contribution is 2.29. The Bertz CT molecular complexity index is 912. The number of hydrogen-bond acceptors (Lipinski definition) is 4. The number of imidazole rings is 1. The van der Waals surface area contributed by atoms with Crippen LogP contribution in [0.1, 0.15) is 22.0 Å². The van der Waals surface area contributed by atoms with E-state index in [1.54, 1.807) is 6.07 Å². The van der Waals surface area contributed by atoms with Crippen LogP contribution in [0.15, 0.2) is 29.8 Å². The van der Waals surface area contributed by atoms with Crippen LogP contribution in [0.25, 0.3) is 10.6 Å². The van der Waals surface area contributed by atoms with Gasteiger partial charge in [-0.15, -0.1) is 11.3 Å². The molecular formula is C15H12F3N5OS. The van der Waals surface area contributed by atoms with Crippen LogP contribution in [0.2, 0.25) is 0 Å². The number of aromatic amines is 1. The molecule has 0 radical (unpaired) electrons. The van der Waals surface area contributed by atoms with Crippen LogP contribution < -0.4 is 0 Å². The van der Waals surface area contributed by atoms with Gasteiger partial charge in [-0.25, -0.2) is 4.98 Å². The van der Waals surface area contributed by atoms with Crippen molar-refractivity contribution in [2.75, 3.05) is 6.54 Å². The van der Waals surface area contributed by atoms with Crippen molar-refractivity contribution in [1.82, 2.24) is 24.6 Å². The lowest BCUT2D eigenvalue weighted by atomic mass is 10.2. The fraction of sp³-hybridized carbons (Fsp3) is 0.267. The molecule has 0 saturated heterocycles. The quantitative estimate of drug-likeness (QED) is 0.757. The molecule has 0 atom stereocenters. The van der Waals surface area contributed by atoms with Gasteiger partial charge in [-0.1, -0.05) is 6.07 Å². The summed E-state index contributed by atoms with van der Waals surface area (Å²) in [6, 6.07) is 5.45. The standard InChI is InChI=1S/C15H12F3N5OS/c16-15(17,18)12-7-22-3-4-23(8-13(22)19-12)14(24)10-6-9(20-21-10)11-2-1-5-25-11/h1-2,5-7H,3-4,8H2,(H,20,21). The Labute approximate surface area is 143 Å². The normalized spacial score (nSPS) is 14.6. The number of carbonyl (C=O) groups excluding carboxylic acids is 1. The molecule has 1 amide bonds. The third-order valence-electron chi connectivity index (χ3n) is 3.96. The van der Waals surface area contributed by atoms with Gasteiger partial charge >= 0.3 is 6.18 Å². The zero-order valence-electron chi connectivity index (χ0n) is 12.7. The Hall–Kier alpha value is -2.62. The second-order valence-corrected chi connectivity index (χ2v) is 6.55. The van der Waals surface area contributed by atoms with E-state index in [0.717, 1.165) is 16.8 Å². The summed E-state index contributed by atoms with van der Waals surface area (Å²) in [6.07, 6.45) is -3.50. The van der Waals surface area contributed by atoms with Crippen molar-refractivity contribution < 1.29 is 18.0 Å². The van der Waals surface area contributed by atoms with Crippen LogP contribution in [0.5, 0.6) is 0 Å². The highest BCUT2D eigenvalue weighted by Gasteiger charge is 2.36. The number of amides is 1. The van der Waals surface area contributed by atoms with Crippen molar-refractivity contribution in [3.05, 3.63) is 47.0 Å². The first-order chi connectivity index (χ1) is 11.9. The first-order valence-corrected chi connectivity index (χ1v) is 8.31. The lowest BCUT2D eigenvalue weighted by molar-refractivity contribution is -0.141. The van der Waals surface area contributed by atoms with Crippen LogP contribution >= 0.6 is 11.3 Å². The van der Waals surface area contributed by atoms with Gasteiger partial charge in [-0.3, -0.25) is 9.89 Å². The van der Waals surface area contributed by atoms with Gasteiger partial charge in [0.2, 0.25) is 0 Å². The predicted molar refractivity (Wildman–Crippen MR) is 83.9 cm³/mol. The maximum atomic E-state index is 12.8. The lowest BCUT2D eigenvalue weighted by Gasteiger charge is -2.26. The highest BCUT2D eigenvalue weighted by atomic mass is 32.1. The Balaban J connectivity index is 1.53. The smallest absolute Gasteiger partial charge is 0.331 e. The summed E-state index contributed by atoms with van der Waals surface area (Å²) >= 11 is 1.52. The second kappa shape index (κ2) is 5.73.